The molecule has 0 aliphatic carbocycles. The van der Waals surface area contributed by atoms with Crippen molar-refractivity contribution in [2.24, 2.45) is 0 Å². The number of carbonyl (C=O) groups excluding carboxylic acids is 2. The van der Waals surface area contributed by atoms with Gasteiger partial charge in [-0.25, -0.2) is 0 Å². The monoisotopic (exact) mass is 382 g/mol. The van der Waals surface area contributed by atoms with Crippen molar-refractivity contribution in [3.05, 3.63) is 22.7 Å². The summed E-state index contributed by atoms with van der Waals surface area (Å²) in [7, 11) is 1.65. The molecule has 0 fully saturated rings. The van der Waals surface area contributed by atoms with Gasteiger partial charge in [-0.05, 0) is 52.7 Å². The second-order valence-electron chi connectivity index (χ2n) is 7.20. The third-order valence-electron chi connectivity index (χ3n) is 4.09. The van der Waals surface area contributed by atoms with Gasteiger partial charge in [0.2, 0.25) is 0 Å². The van der Waals surface area contributed by atoms with Gasteiger partial charge in [0.25, 0.3) is 11.8 Å². The summed E-state index contributed by atoms with van der Waals surface area (Å²) in [6.45, 7) is 8.34. The largest absolute Gasteiger partial charge is 0.474 e. The Morgan fingerprint density at radius 2 is 2.04 bits per heavy atom. The molecule has 1 aromatic carbocycles. The van der Waals surface area contributed by atoms with Gasteiger partial charge >= 0.3 is 0 Å². The molecule has 26 heavy (non-hydrogen) atoms. The Morgan fingerprint density at radius 1 is 1.35 bits per heavy atom. The Labute approximate surface area is 159 Å². The lowest BCUT2D eigenvalue weighted by molar-refractivity contribution is -0.132. The molecular formula is C19H27ClN2O4. The molecule has 1 aromatic rings. The summed E-state index contributed by atoms with van der Waals surface area (Å²) in [5, 5.41) is 3.16. The predicted molar refractivity (Wildman–Crippen MR) is 102 cm³/mol. The van der Waals surface area contributed by atoms with Crippen molar-refractivity contribution >= 4 is 29.1 Å². The van der Waals surface area contributed by atoms with Crippen LogP contribution in [0.25, 0.3) is 0 Å². The molecule has 0 saturated heterocycles. The van der Waals surface area contributed by atoms with Crippen molar-refractivity contribution in [3.63, 3.8) is 0 Å². The maximum atomic E-state index is 12.9. The first-order valence-electron chi connectivity index (χ1n) is 8.81. The molecule has 2 amide bonds. The van der Waals surface area contributed by atoms with Crippen molar-refractivity contribution in [1.29, 1.82) is 0 Å². The minimum absolute atomic E-state index is 0.000676. The van der Waals surface area contributed by atoms with Crippen molar-refractivity contribution in [3.8, 4) is 5.75 Å². The van der Waals surface area contributed by atoms with Gasteiger partial charge < -0.3 is 19.7 Å². The second-order valence-corrected chi connectivity index (χ2v) is 7.61. The first-order chi connectivity index (χ1) is 12.2. The van der Waals surface area contributed by atoms with Crippen LogP contribution in [0.5, 0.6) is 5.75 Å². The Hall–Kier alpha value is -1.79. The molecule has 0 saturated carbocycles. The van der Waals surface area contributed by atoms with E-state index in [1.807, 2.05) is 13.8 Å². The number of nitrogens with one attached hydrogen (secondary N) is 1. The van der Waals surface area contributed by atoms with Gasteiger partial charge in [0.05, 0.1) is 10.7 Å². The molecule has 1 N–H and O–H groups in total. The van der Waals surface area contributed by atoms with Crippen LogP contribution in [0.3, 0.4) is 0 Å². The molecule has 0 aromatic heterocycles. The van der Waals surface area contributed by atoms with Crippen LogP contribution in [0.1, 0.15) is 50.9 Å². The molecular weight excluding hydrogens is 356 g/mol. The predicted octanol–water partition coefficient (Wildman–Crippen LogP) is 3.41. The fraction of sp³-hybridized carbons (Fsp3) is 0.579. The van der Waals surface area contributed by atoms with E-state index in [9.17, 15) is 9.59 Å². The number of ether oxygens (including phenoxy) is 2. The number of nitrogens with zero attached hydrogens (tertiary/aromatic N) is 1. The van der Waals surface area contributed by atoms with Crippen LogP contribution in [0.4, 0.5) is 5.69 Å². The number of carbonyl (C=O) groups is 2. The molecule has 7 heteroatoms. The molecule has 0 bridgehead atoms. The van der Waals surface area contributed by atoms with E-state index in [2.05, 4.69) is 5.32 Å². The van der Waals surface area contributed by atoms with Crippen LogP contribution >= 0.6 is 11.6 Å². The first kappa shape index (κ1) is 20.5. The minimum Gasteiger partial charge on any atom is -0.474 e. The summed E-state index contributed by atoms with van der Waals surface area (Å²) < 4.78 is 10.9. The van der Waals surface area contributed by atoms with Crippen molar-refractivity contribution in [2.75, 3.05) is 25.2 Å². The van der Waals surface area contributed by atoms with E-state index in [0.717, 1.165) is 12.8 Å². The Balaban J connectivity index is 2.39. The van der Waals surface area contributed by atoms with Gasteiger partial charge in [0.15, 0.2) is 11.4 Å². The molecule has 144 valence electrons. The molecule has 2 rings (SSSR count). The Kier molecular flexibility index (Phi) is 6.53. The van der Waals surface area contributed by atoms with Crippen LogP contribution in [0.15, 0.2) is 12.1 Å². The third-order valence-corrected chi connectivity index (χ3v) is 4.38. The summed E-state index contributed by atoms with van der Waals surface area (Å²) in [5.41, 5.74) is -0.0758. The van der Waals surface area contributed by atoms with Gasteiger partial charge in [0, 0.05) is 31.9 Å². The van der Waals surface area contributed by atoms with Gasteiger partial charge in [0.1, 0.15) is 0 Å². The summed E-state index contributed by atoms with van der Waals surface area (Å²) >= 11 is 6.39. The van der Waals surface area contributed by atoms with E-state index in [0.29, 0.717) is 35.2 Å². The van der Waals surface area contributed by atoms with Gasteiger partial charge in [-0.3, -0.25) is 9.59 Å². The second kappa shape index (κ2) is 8.27. The van der Waals surface area contributed by atoms with E-state index < -0.39 is 5.60 Å². The fourth-order valence-corrected chi connectivity index (χ4v) is 3.08. The number of benzene rings is 1. The van der Waals surface area contributed by atoms with Crippen molar-refractivity contribution in [2.45, 2.75) is 52.2 Å². The minimum atomic E-state index is -1.01. The Morgan fingerprint density at radius 3 is 2.65 bits per heavy atom. The highest BCUT2D eigenvalue weighted by atomic mass is 35.5. The molecule has 0 unspecified atom stereocenters. The lowest BCUT2D eigenvalue weighted by Crippen LogP contribution is -2.53. The van der Waals surface area contributed by atoms with Crippen molar-refractivity contribution in [1.82, 2.24) is 5.32 Å². The van der Waals surface area contributed by atoms with Crippen LogP contribution in [0.2, 0.25) is 5.02 Å². The molecule has 1 heterocycles. The highest BCUT2D eigenvalue weighted by molar-refractivity contribution is 6.33. The average molecular weight is 383 g/mol. The number of anilines is 1. The summed E-state index contributed by atoms with van der Waals surface area (Å²) in [6, 6.07) is 3.24. The van der Waals surface area contributed by atoms with Gasteiger partial charge in [-0.2, -0.15) is 0 Å². The summed E-state index contributed by atoms with van der Waals surface area (Å²) in [6.07, 6.45) is 1.60. The Bertz CT molecular complexity index is 688. The quantitative estimate of drug-likeness (QED) is 0.734. The topological polar surface area (TPSA) is 67.9 Å². The van der Waals surface area contributed by atoms with E-state index >= 15 is 0 Å². The summed E-state index contributed by atoms with van der Waals surface area (Å²) in [5.74, 6) is 0.0466. The fourth-order valence-electron chi connectivity index (χ4n) is 2.83. The smallest absolute Gasteiger partial charge is 0.270 e. The zero-order valence-electron chi connectivity index (χ0n) is 16.0. The van der Waals surface area contributed by atoms with E-state index in [1.165, 1.54) is 0 Å². The lowest BCUT2D eigenvalue weighted by Gasteiger charge is -2.39. The van der Waals surface area contributed by atoms with Crippen LogP contribution in [-0.2, 0) is 9.53 Å². The number of hydrogen-bond donors (Lipinski definition) is 1. The highest BCUT2D eigenvalue weighted by Crippen LogP contribution is 2.43. The van der Waals surface area contributed by atoms with E-state index in [1.54, 1.807) is 38.0 Å². The number of halogens is 1. The zero-order valence-corrected chi connectivity index (χ0v) is 16.8. The third kappa shape index (κ3) is 4.48. The molecule has 1 aliphatic rings. The number of methoxy groups -OCH3 is 1. The molecule has 0 atom stereocenters. The van der Waals surface area contributed by atoms with Crippen LogP contribution in [-0.4, -0.2) is 43.7 Å². The van der Waals surface area contributed by atoms with E-state index in [-0.39, 0.29) is 17.9 Å². The molecule has 1 aliphatic heterocycles. The normalized spacial score (nSPS) is 15.7. The number of fused-ring (bicyclic) bond motifs is 1. The molecule has 0 radical (unpaired) electrons. The lowest BCUT2D eigenvalue weighted by atomic mass is 10.0. The average Bonchev–Trinajstić information content (AvgIpc) is 2.54. The van der Waals surface area contributed by atoms with Crippen molar-refractivity contribution < 1.29 is 19.1 Å². The zero-order chi connectivity index (χ0) is 19.5. The molecule has 0 spiro atoms. The maximum Gasteiger partial charge on any atom is 0.270 e. The van der Waals surface area contributed by atoms with E-state index in [4.69, 9.17) is 21.1 Å². The number of amides is 2. The molecule has 6 nitrogen and oxygen atoms in total. The van der Waals surface area contributed by atoms with Crippen LogP contribution < -0.4 is 15.0 Å². The maximum absolute atomic E-state index is 12.9. The SMILES string of the molecule is COCCCCN1C(=O)C(C)(C)Oc2c(Cl)cc(C(=O)NC(C)C)cc21. The number of rotatable bonds is 7. The highest BCUT2D eigenvalue weighted by Gasteiger charge is 2.42. The number of unbranched alkanes of at least 4 members (excludes halogenated alkanes) is 1. The number of hydrogen-bond acceptors (Lipinski definition) is 4. The van der Waals surface area contributed by atoms with Gasteiger partial charge in [-0.1, -0.05) is 11.6 Å². The standard InChI is InChI=1S/C19H27ClN2O4/c1-12(2)21-17(23)13-10-14(20)16-15(11-13)22(8-6-7-9-25-5)18(24)19(3,4)26-16/h10-12H,6-9H2,1-5H3,(H,21,23). The van der Waals surface area contributed by atoms with Gasteiger partial charge in [-0.15, -0.1) is 0 Å². The summed E-state index contributed by atoms with van der Waals surface area (Å²) in [4.78, 5) is 26.9. The van der Waals surface area contributed by atoms with Crippen LogP contribution in [0, 0.1) is 0 Å². The first-order valence-corrected chi connectivity index (χ1v) is 9.19.